The Morgan fingerprint density at radius 2 is 2.25 bits per heavy atom. The summed E-state index contributed by atoms with van der Waals surface area (Å²) in [6, 6.07) is 3.10. The van der Waals surface area contributed by atoms with E-state index in [4.69, 9.17) is 21.4 Å². The molecule has 1 N–H and O–H groups in total. The van der Waals surface area contributed by atoms with Crippen LogP contribution in [0.25, 0.3) is 0 Å². The van der Waals surface area contributed by atoms with Crippen molar-refractivity contribution in [2.24, 2.45) is 0 Å². The summed E-state index contributed by atoms with van der Waals surface area (Å²) < 4.78 is 18.7. The topological polar surface area (TPSA) is 66.8 Å². The smallest absolute Gasteiger partial charge is 0.328 e. The number of carbonyl (C=O) groups is 2. The minimum atomic E-state index is -1.14. The Morgan fingerprint density at radius 1 is 1.50 bits per heavy atom. The van der Waals surface area contributed by atoms with Crippen LogP contribution in [0.3, 0.4) is 0 Å². The lowest BCUT2D eigenvalue weighted by molar-refractivity contribution is -0.158. The number of hydrogen-bond acceptors (Lipinski definition) is 3. The normalized spacial score (nSPS) is 18.9. The lowest BCUT2D eigenvalue weighted by atomic mass is 10.1. The van der Waals surface area contributed by atoms with E-state index in [0.29, 0.717) is 0 Å². The summed E-state index contributed by atoms with van der Waals surface area (Å²) in [6.45, 7) is 0.370. The molecule has 2 rings (SSSR count). The van der Waals surface area contributed by atoms with Crippen LogP contribution in [0.5, 0.6) is 0 Å². The van der Waals surface area contributed by atoms with Crippen molar-refractivity contribution < 1.29 is 23.8 Å². The van der Waals surface area contributed by atoms with Gasteiger partial charge in [-0.05, 0) is 12.1 Å². The molecular formula is C13H13ClFNO4. The van der Waals surface area contributed by atoms with Crippen LogP contribution in [0.1, 0.15) is 5.56 Å². The summed E-state index contributed by atoms with van der Waals surface area (Å²) >= 11 is 5.86. The van der Waals surface area contributed by atoms with Crippen molar-refractivity contribution in [3.63, 3.8) is 0 Å². The summed E-state index contributed by atoms with van der Waals surface area (Å²) in [5, 5.41) is 9.21. The summed E-state index contributed by atoms with van der Waals surface area (Å²) in [5.74, 6) is -2.20. The van der Waals surface area contributed by atoms with Gasteiger partial charge in [-0.25, -0.2) is 9.18 Å². The maximum absolute atomic E-state index is 13.6. The third kappa shape index (κ3) is 3.08. The summed E-state index contributed by atoms with van der Waals surface area (Å²) in [7, 11) is 0. The predicted octanol–water partition coefficient (Wildman–Crippen LogP) is 1.33. The van der Waals surface area contributed by atoms with Crippen molar-refractivity contribution >= 4 is 23.5 Å². The van der Waals surface area contributed by atoms with E-state index >= 15 is 0 Å². The van der Waals surface area contributed by atoms with Gasteiger partial charge in [-0.1, -0.05) is 17.7 Å². The molecule has 1 atom stereocenters. The molecule has 1 saturated heterocycles. The SMILES string of the molecule is O=C(O)[C@H]1COCCN1C(=O)Cc1c(F)cccc1Cl. The molecule has 7 heteroatoms. The summed E-state index contributed by atoms with van der Waals surface area (Å²) in [6.07, 6.45) is -0.269. The van der Waals surface area contributed by atoms with Crippen LogP contribution in [0.2, 0.25) is 5.02 Å². The van der Waals surface area contributed by atoms with Gasteiger partial charge in [0.25, 0.3) is 0 Å². The van der Waals surface area contributed by atoms with Crippen molar-refractivity contribution in [2.45, 2.75) is 12.5 Å². The van der Waals surface area contributed by atoms with Gasteiger partial charge < -0.3 is 14.7 Å². The van der Waals surface area contributed by atoms with Crippen molar-refractivity contribution in [1.82, 2.24) is 4.90 Å². The first kappa shape index (κ1) is 14.7. The first-order chi connectivity index (χ1) is 9.50. The number of carbonyl (C=O) groups excluding carboxylic acids is 1. The average Bonchev–Trinajstić information content (AvgIpc) is 2.43. The molecule has 5 nitrogen and oxygen atoms in total. The standard InChI is InChI=1S/C13H13ClFNO4/c14-9-2-1-3-10(15)8(9)6-12(17)16-4-5-20-7-11(16)13(18)19/h1-3,11H,4-7H2,(H,18,19)/t11-/m1/s1. The van der Waals surface area contributed by atoms with Crippen LogP contribution < -0.4 is 0 Å². The molecule has 108 valence electrons. The Balaban J connectivity index is 2.16. The molecule has 0 spiro atoms. The zero-order chi connectivity index (χ0) is 14.7. The van der Waals surface area contributed by atoms with Gasteiger partial charge in [0.05, 0.1) is 19.6 Å². The van der Waals surface area contributed by atoms with Gasteiger partial charge in [0.1, 0.15) is 5.82 Å². The molecule has 1 aliphatic rings. The second kappa shape index (κ2) is 6.19. The highest BCUT2D eigenvalue weighted by Crippen LogP contribution is 2.21. The number of amides is 1. The molecule has 0 unspecified atom stereocenters. The largest absolute Gasteiger partial charge is 0.480 e. The van der Waals surface area contributed by atoms with Gasteiger partial charge >= 0.3 is 5.97 Å². The molecule has 0 radical (unpaired) electrons. The number of halogens is 2. The van der Waals surface area contributed by atoms with Gasteiger partial charge in [0, 0.05) is 17.1 Å². The Bertz CT molecular complexity index is 517. The number of carboxylic acid groups (broad SMARTS) is 1. The van der Waals surface area contributed by atoms with E-state index in [0.717, 1.165) is 0 Å². The molecule has 0 saturated carbocycles. The van der Waals surface area contributed by atoms with Crippen LogP contribution in [-0.2, 0) is 20.7 Å². The Labute approximate surface area is 119 Å². The molecule has 1 aromatic rings. The number of benzene rings is 1. The van der Waals surface area contributed by atoms with E-state index in [9.17, 15) is 14.0 Å². The molecule has 1 fully saturated rings. The van der Waals surface area contributed by atoms with Crippen LogP contribution in [0.4, 0.5) is 4.39 Å². The number of carboxylic acids is 1. The minimum absolute atomic E-state index is 0.0634. The van der Waals surface area contributed by atoms with Crippen LogP contribution >= 0.6 is 11.6 Å². The highest BCUT2D eigenvalue weighted by atomic mass is 35.5. The van der Waals surface area contributed by atoms with E-state index < -0.39 is 23.7 Å². The highest BCUT2D eigenvalue weighted by Gasteiger charge is 2.33. The molecule has 0 aromatic heterocycles. The minimum Gasteiger partial charge on any atom is -0.480 e. The maximum atomic E-state index is 13.6. The Kier molecular flexibility index (Phi) is 4.57. The van der Waals surface area contributed by atoms with Crippen molar-refractivity contribution in [2.75, 3.05) is 19.8 Å². The predicted molar refractivity (Wildman–Crippen MR) is 69.1 cm³/mol. The van der Waals surface area contributed by atoms with Gasteiger partial charge in [-0.15, -0.1) is 0 Å². The van der Waals surface area contributed by atoms with Crippen molar-refractivity contribution in [3.05, 3.63) is 34.6 Å². The third-order valence-electron chi connectivity index (χ3n) is 3.12. The Hall–Kier alpha value is -1.66. The van der Waals surface area contributed by atoms with Gasteiger partial charge in [0.15, 0.2) is 6.04 Å². The van der Waals surface area contributed by atoms with Crippen LogP contribution in [0, 0.1) is 5.82 Å². The molecule has 1 aromatic carbocycles. The van der Waals surface area contributed by atoms with E-state index in [-0.39, 0.29) is 36.8 Å². The number of hydrogen-bond donors (Lipinski definition) is 1. The number of ether oxygens (including phenoxy) is 1. The van der Waals surface area contributed by atoms with E-state index in [2.05, 4.69) is 0 Å². The quantitative estimate of drug-likeness (QED) is 0.915. The number of morpholine rings is 1. The molecular weight excluding hydrogens is 289 g/mol. The molecule has 0 aliphatic carbocycles. The fourth-order valence-corrected chi connectivity index (χ4v) is 2.29. The molecule has 1 heterocycles. The second-order valence-corrected chi connectivity index (χ2v) is 4.80. The fourth-order valence-electron chi connectivity index (χ4n) is 2.06. The first-order valence-corrected chi connectivity index (χ1v) is 6.41. The number of nitrogens with zero attached hydrogens (tertiary/aromatic N) is 1. The lowest BCUT2D eigenvalue weighted by Crippen LogP contribution is -2.53. The zero-order valence-corrected chi connectivity index (χ0v) is 11.3. The van der Waals surface area contributed by atoms with E-state index in [1.54, 1.807) is 0 Å². The second-order valence-electron chi connectivity index (χ2n) is 4.39. The van der Waals surface area contributed by atoms with Crippen molar-refractivity contribution in [3.8, 4) is 0 Å². The monoisotopic (exact) mass is 301 g/mol. The molecule has 20 heavy (non-hydrogen) atoms. The zero-order valence-electron chi connectivity index (χ0n) is 10.5. The first-order valence-electron chi connectivity index (χ1n) is 6.03. The maximum Gasteiger partial charge on any atom is 0.328 e. The fraction of sp³-hybridized carbons (Fsp3) is 0.385. The molecule has 0 bridgehead atoms. The van der Waals surface area contributed by atoms with Crippen molar-refractivity contribution in [1.29, 1.82) is 0 Å². The summed E-state index contributed by atoms with van der Waals surface area (Å²) in [4.78, 5) is 24.4. The van der Waals surface area contributed by atoms with E-state index in [1.165, 1.54) is 23.1 Å². The molecule has 1 amide bonds. The number of rotatable bonds is 3. The number of aliphatic carboxylic acids is 1. The Morgan fingerprint density at radius 3 is 2.90 bits per heavy atom. The summed E-state index contributed by atoms with van der Waals surface area (Å²) in [5.41, 5.74) is 0.0785. The van der Waals surface area contributed by atoms with Crippen LogP contribution in [-0.4, -0.2) is 47.7 Å². The van der Waals surface area contributed by atoms with Gasteiger partial charge in [-0.3, -0.25) is 4.79 Å². The highest BCUT2D eigenvalue weighted by molar-refractivity contribution is 6.31. The van der Waals surface area contributed by atoms with Gasteiger partial charge in [-0.2, -0.15) is 0 Å². The van der Waals surface area contributed by atoms with E-state index in [1.807, 2.05) is 0 Å². The average molecular weight is 302 g/mol. The third-order valence-corrected chi connectivity index (χ3v) is 3.48. The van der Waals surface area contributed by atoms with Crippen LogP contribution in [0.15, 0.2) is 18.2 Å². The van der Waals surface area contributed by atoms with Gasteiger partial charge in [0.2, 0.25) is 5.91 Å². The lowest BCUT2D eigenvalue weighted by Gasteiger charge is -2.33. The molecule has 1 aliphatic heterocycles.